The third-order valence-corrected chi connectivity index (χ3v) is 7.49. The average molecular weight is 467 g/mol. The molecule has 0 bridgehead atoms. The second-order valence-corrected chi connectivity index (χ2v) is 9.90. The van der Waals surface area contributed by atoms with E-state index in [1.807, 2.05) is 37.3 Å². The van der Waals surface area contributed by atoms with Crippen LogP contribution in [0.1, 0.15) is 27.0 Å². The van der Waals surface area contributed by atoms with Gasteiger partial charge in [0, 0.05) is 29.1 Å². The van der Waals surface area contributed by atoms with Crippen LogP contribution in [0.4, 0.5) is 10.8 Å². The zero-order valence-electron chi connectivity index (χ0n) is 15.8. The van der Waals surface area contributed by atoms with E-state index in [-0.39, 0.29) is 11.7 Å². The van der Waals surface area contributed by atoms with Gasteiger partial charge in [-0.05, 0) is 43.2 Å². The molecule has 0 atom stereocenters. The first kappa shape index (κ1) is 21.8. The van der Waals surface area contributed by atoms with Crippen molar-refractivity contribution in [2.75, 3.05) is 17.6 Å². The quantitative estimate of drug-likeness (QED) is 0.342. The van der Waals surface area contributed by atoms with Gasteiger partial charge in [0.15, 0.2) is 10.1 Å². The molecule has 0 radical (unpaired) electrons. The molecule has 10 heteroatoms. The highest BCUT2D eigenvalue weighted by Crippen LogP contribution is 2.31. The normalized spacial score (nSPS) is 10.7. The van der Waals surface area contributed by atoms with Crippen LogP contribution >= 0.6 is 46.0 Å². The zero-order valence-corrected chi connectivity index (χ0v) is 19.0. The van der Waals surface area contributed by atoms with Crippen LogP contribution in [0.5, 0.6) is 0 Å². The van der Waals surface area contributed by atoms with Gasteiger partial charge in [-0.2, -0.15) is 0 Å². The van der Waals surface area contributed by atoms with Crippen LogP contribution in [0.15, 0.2) is 34.7 Å². The van der Waals surface area contributed by atoms with Gasteiger partial charge in [-0.25, -0.2) is 0 Å². The van der Waals surface area contributed by atoms with Crippen LogP contribution in [-0.2, 0) is 11.2 Å². The molecule has 0 spiro atoms. The standard InChI is InChI=1S/C19H19ClN4O2S3/c1-11-14(20)4-3-5-15(11)22-18-23-24-19(29-18)27-10-16(26)17-7-6-13(28-17)8-9-21-12(2)25/h3-7H,8-10H2,1-2H3,(H,21,25)(H,22,23). The molecule has 2 heterocycles. The van der Waals surface area contributed by atoms with Crippen LogP contribution in [0, 0.1) is 6.92 Å². The minimum Gasteiger partial charge on any atom is -0.356 e. The SMILES string of the molecule is CC(=O)NCCc1ccc(C(=O)CSc2nnc(Nc3cccc(Cl)c3C)s2)s1. The van der Waals surface area contributed by atoms with Crippen LogP contribution < -0.4 is 10.6 Å². The summed E-state index contributed by atoms with van der Waals surface area (Å²) in [6.07, 6.45) is 0.721. The molecule has 0 fully saturated rings. The third kappa shape index (κ3) is 6.27. The molecule has 1 aromatic carbocycles. The Morgan fingerprint density at radius 3 is 2.79 bits per heavy atom. The van der Waals surface area contributed by atoms with Crippen LogP contribution in [0.2, 0.25) is 5.02 Å². The second kappa shape index (κ2) is 10.2. The first-order chi connectivity index (χ1) is 13.9. The predicted molar refractivity (Wildman–Crippen MR) is 121 cm³/mol. The number of thioether (sulfide) groups is 1. The number of halogens is 1. The smallest absolute Gasteiger partial charge is 0.216 e. The van der Waals surface area contributed by atoms with E-state index in [9.17, 15) is 9.59 Å². The van der Waals surface area contributed by atoms with E-state index in [2.05, 4.69) is 20.8 Å². The van der Waals surface area contributed by atoms with Gasteiger partial charge in [-0.3, -0.25) is 9.59 Å². The fourth-order valence-electron chi connectivity index (χ4n) is 2.40. The minimum atomic E-state index is -0.0503. The summed E-state index contributed by atoms with van der Waals surface area (Å²) in [7, 11) is 0. The molecule has 0 aliphatic rings. The second-order valence-electron chi connectivity index (χ2n) is 6.12. The number of thiophene rings is 1. The van der Waals surface area contributed by atoms with E-state index in [0.29, 0.717) is 27.3 Å². The summed E-state index contributed by atoms with van der Waals surface area (Å²) in [4.78, 5) is 25.1. The van der Waals surface area contributed by atoms with Gasteiger partial charge >= 0.3 is 0 Å². The number of hydrogen-bond donors (Lipinski definition) is 2. The van der Waals surface area contributed by atoms with Gasteiger partial charge in [-0.1, -0.05) is 40.8 Å². The lowest BCUT2D eigenvalue weighted by atomic mass is 10.2. The first-order valence-electron chi connectivity index (χ1n) is 8.77. The average Bonchev–Trinajstić information content (AvgIpc) is 3.33. The lowest BCUT2D eigenvalue weighted by Crippen LogP contribution is -2.22. The number of aromatic nitrogens is 2. The Labute approximate surface area is 186 Å². The number of carbonyl (C=O) groups excluding carboxylic acids is 2. The van der Waals surface area contributed by atoms with Gasteiger partial charge < -0.3 is 10.6 Å². The summed E-state index contributed by atoms with van der Waals surface area (Å²) < 4.78 is 0.725. The zero-order chi connectivity index (χ0) is 20.8. The van der Waals surface area contributed by atoms with Crippen molar-refractivity contribution in [1.82, 2.24) is 15.5 Å². The monoisotopic (exact) mass is 466 g/mol. The molecule has 3 rings (SSSR count). The van der Waals surface area contributed by atoms with Gasteiger partial charge in [0.05, 0.1) is 10.6 Å². The summed E-state index contributed by atoms with van der Waals surface area (Å²) in [6.45, 7) is 4.00. The summed E-state index contributed by atoms with van der Waals surface area (Å²) in [6, 6.07) is 9.42. The van der Waals surface area contributed by atoms with Gasteiger partial charge in [0.25, 0.3) is 0 Å². The Bertz CT molecular complexity index is 1020. The number of hydrogen-bond acceptors (Lipinski definition) is 8. The van der Waals surface area contributed by atoms with E-state index in [4.69, 9.17) is 11.6 Å². The number of Topliss-reactive ketones (excluding diaryl/α,β-unsaturated/α-hetero) is 1. The fourth-order valence-corrected chi connectivity index (χ4v) is 5.26. The number of rotatable bonds is 9. The van der Waals surface area contributed by atoms with E-state index in [1.165, 1.54) is 41.4 Å². The largest absolute Gasteiger partial charge is 0.356 e. The minimum absolute atomic E-state index is 0.0503. The van der Waals surface area contributed by atoms with Crippen LogP contribution in [-0.4, -0.2) is 34.2 Å². The maximum absolute atomic E-state index is 12.4. The number of amides is 1. The molecule has 2 aromatic heterocycles. The number of carbonyl (C=O) groups is 2. The summed E-state index contributed by atoms with van der Waals surface area (Å²) in [5, 5.41) is 15.6. The van der Waals surface area contributed by atoms with Crippen molar-refractivity contribution in [1.29, 1.82) is 0 Å². The topological polar surface area (TPSA) is 84.0 Å². The van der Waals surface area contributed by atoms with Gasteiger partial charge in [0.1, 0.15) is 0 Å². The Morgan fingerprint density at radius 2 is 2.00 bits per heavy atom. The van der Waals surface area contributed by atoms with E-state index in [0.717, 1.165) is 26.9 Å². The van der Waals surface area contributed by atoms with E-state index in [1.54, 1.807) is 0 Å². The van der Waals surface area contributed by atoms with Crippen molar-refractivity contribution in [3.63, 3.8) is 0 Å². The number of anilines is 2. The lowest BCUT2D eigenvalue weighted by molar-refractivity contribution is -0.118. The molecule has 6 nitrogen and oxygen atoms in total. The number of nitrogens with zero attached hydrogens (tertiary/aromatic N) is 2. The highest BCUT2D eigenvalue weighted by atomic mass is 35.5. The van der Waals surface area contributed by atoms with Crippen molar-refractivity contribution < 1.29 is 9.59 Å². The molecule has 29 heavy (non-hydrogen) atoms. The Morgan fingerprint density at radius 1 is 1.17 bits per heavy atom. The number of benzene rings is 1. The number of ketones is 1. The lowest BCUT2D eigenvalue weighted by Gasteiger charge is -2.06. The fraction of sp³-hybridized carbons (Fsp3) is 0.263. The summed E-state index contributed by atoms with van der Waals surface area (Å²) in [5.41, 5.74) is 1.83. The van der Waals surface area contributed by atoms with Gasteiger partial charge in [-0.15, -0.1) is 21.5 Å². The molecule has 0 unspecified atom stereocenters. The maximum atomic E-state index is 12.4. The van der Waals surface area contributed by atoms with E-state index < -0.39 is 0 Å². The van der Waals surface area contributed by atoms with E-state index >= 15 is 0 Å². The Balaban J connectivity index is 1.51. The third-order valence-electron chi connectivity index (χ3n) is 3.92. The maximum Gasteiger partial charge on any atom is 0.216 e. The predicted octanol–water partition coefficient (Wildman–Crippen LogP) is 4.96. The molecule has 152 valence electrons. The molecular weight excluding hydrogens is 448 g/mol. The van der Waals surface area contributed by atoms with Crippen LogP contribution in [0.3, 0.4) is 0 Å². The molecule has 0 saturated carbocycles. The van der Waals surface area contributed by atoms with Crippen molar-refractivity contribution in [3.05, 3.63) is 50.7 Å². The summed E-state index contributed by atoms with van der Waals surface area (Å²) in [5.74, 6) is 0.308. The molecule has 0 saturated heterocycles. The molecule has 2 N–H and O–H groups in total. The summed E-state index contributed by atoms with van der Waals surface area (Å²) >= 11 is 10.4. The molecular formula is C19H19ClN4O2S3. The van der Waals surface area contributed by atoms with Crippen molar-refractivity contribution in [2.24, 2.45) is 0 Å². The molecule has 0 aliphatic heterocycles. The van der Waals surface area contributed by atoms with Gasteiger partial charge in [0.2, 0.25) is 11.0 Å². The Hall–Kier alpha value is -1.94. The first-order valence-corrected chi connectivity index (χ1v) is 11.8. The highest BCUT2D eigenvalue weighted by molar-refractivity contribution is 8.01. The number of nitrogens with one attached hydrogen (secondary N) is 2. The van der Waals surface area contributed by atoms with Crippen molar-refractivity contribution >= 4 is 68.5 Å². The van der Waals surface area contributed by atoms with Crippen molar-refractivity contribution in [3.8, 4) is 0 Å². The molecule has 0 aliphatic carbocycles. The molecule has 1 amide bonds. The molecule has 3 aromatic rings. The van der Waals surface area contributed by atoms with Crippen molar-refractivity contribution in [2.45, 2.75) is 24.6 Å². The van der Waals surface area contributed by atoms with Crippen LogP contribution in [0.25, 0.3) is 0 Å². The highest BCUT2D eigenvalue weighted by Gasteiger charge is 2.13. The Kier molecular flexibility index (Phi) is 7.65.